The third-order valence-corrected chi connectivity index (χ3v) is 5.31. The van der Waals surface area contributed by atoms with Crippen molar-refractivity contribution in [1.29, 1.82) is 0 Å². The number of carbonyl (C=O) groups excluding carboxylic acids is 1. The van der Waals surface area contributed by atoms with Gasteiger partial charge >= 0.3 is 0 Å². The molecule has 8 nitrogen and oxygen atoms in total. The number of carbonyl (C=O) groups is 1. The summed E-state index contributed by atoms with van der Waals surface area (Å²) in [5.74, 6) is 3.46. The zero-order chi connectivity index (χ0) is 19.0. The lowest BCUT2D eigenvalue weighted by Crippen LogP contribution is -2.49. The van der Waals surface area contributed by atoms with Gasteiger partial charge in [0.15, 0.2) is 5.69 Å². The first-order valence-electron chi connectivity index (χ1n) is 9.57. The highest BCUT2D eigenvalue weighted by Crippen LogP contribution is 2.26. The highest BCUT2D eigenvalue weighted by Gasteiger charge is 2.29. The summed E-state index contributed by atoms with van der Waals surface area (Å²) in [5, 5.41) is 4.09. The van der Waals surface area contributed by atoms with Crippen molar-refractivity contribution in [3.05, 3.63) is 28.9 Å². The normalized spacial score (nSPS) is 17.0. The molecule has 2 aromatic rings. The molecular formula is C19H26N6O2. The fraction of sp³-hybridized carbons (Fsp3) is 0.579. The lowest BCUT2D eigenvalue weighted by molar-refractivity contribution is 0.0735. The molecule has 1 fully saturated rings. The van der Waals surface area contributed by atoms with Crippen LogP contribution in [0.15, 0.2) is 10.6 Å². The number of anilines is 2. The van der Waals surface area contributed by atoms with Crippen molar-refractivity contribution >= 4 is 17.5 Å². The average molecular weight is 370 g/mol. The molecule has 0 saturated carbocycles. The standard InChI is InChI=1S/C19H26N6O2/c1-13-20-16(23(2)3)12-17(21-13)24-8-10-25(11-9-24)19(26)18-14-6-4-5-7-15(14)27-22-18/h12H,4-11H2,1-3H3. The zero-order valence-electron chi connectivity index (χ0n) is 16.2. The van der Waals surface area contributed by atoms with Crippen LogP contribution in [0.1, 0.15) is 40.5 Å². The molecule has 0 radical (unpaired) electrons. The van der Waals surface area contributed by atoms with Gasteiger partial charge in [-0.2, -0.15) is 0 Å². The summed E-state index contributed by atoms with van der Waals surface area (Å²) in [4.78, 5) is 28.0. The van der Waals surface area contributed by atoms with Crippen LogP contribution < -0.4 is 9.80 Å². The van der Waals surface area contributed by atoms with Gasteiger partial charge < -0.3 is 19.2 Å². The van der Waals surface area contributed by atoms with E-state index in [4.69, 9.17) is 4.52 Å². The molecule has 144 valence electrons. The Hall–Kier alpha value is -2.64. The first kappa shape index (κ1) is 17.8. The van der Waals surface area contributed by atoms with Gasteiger partial charge in [0.1, 0.15) is 23.2 Å². The quantitative estimate of drug-likeness (QED) is 0.813. The molecule has 3 heterocycles. The minimum absolute atomic E-state index is 0.00519. The second kappa shape index (κ2) is 7.17. The summed E-state index contributed by atoms with van der Waals surface area (Å²) >= 11 is 0. The van der Waals surface area contributed by atoms with Gasteiger partial charge in [0.2, 0.25) is 0 Å². The van der Waals surface area contributed by atoms with E-state index in [0.717, 1.165) is 67.6 Å². The fourth-order valence-electron chi connectivity index (χ4n) is 3.77. The molecule has 2 aromatic heterocycles. The first-order valence-corrected chi connectivity index (χ1v) is 9.57. The zero-order valence-corrected chi connectivity index (χ0v) is 16.2. The molecule has 0 atom stereocenters. The largest absolute Gasteiger partial charge is 0.363 e. The molecule has 0 aromatic carbocycles. The highest BCUT2D eigenvalue weighted by atomic mass is 16.5. The smallest absolute Gasteiger partial charge is 0.276 e. The van der Waals surface area contributed by atoms with Crippen molar-refractivity contribution in [2.75, 3.05) is 50.1 Å². The summed E-state index contributed by atoms with van der Waals surface area (Å²) in [6, 6.07) is 2.00. The Morgan fingerprint density at radius 2 is 1.85 bits per heavy atom. The van der Waals surface area contributed by atoms with Gasteiger partial charge in [-0.3, -0.25) is 4.79 Å². The van der Waals surface area contributed by atoms with Crippen LogP contribution in [0.5, 0.6) is 0 Å². The summed E-state index contributed by atoms with van der Waals surface area (Å²) in [7, 11) is 3.95. The van der Waals surface area contributed by atoms with Crippen molar-refractivity contribution < 1.29 is 9.32 Å². The third kappa shape index (κ3) is 3.48. The molecule has 0 unspecified atom stereocenters. The molecular weight excluding hydrogens is 344 g/mol. The van der Waals surface area contributed by atoms with E-state index in [0.29, 0.717) is 18.8 Å². The van der Waals surface area contributed by atoms with Gasteiger partial charge in [-0.05, 0) is 26.2 Å². The van der Waals surface area contributed by atoms with E-state index in [-0.39, 0.29) is 5.91 Å². The average Bonchev–Trinajstić information content (AvgIpc) is 3.11. The maximum atomic E-state index is 12.9. The topological polar surface area (TPSA) is 78.6 Å². The van der Waals surface area contributed by atoms with E-state index in [1.165, 1.54) is 0 Å². The molecule has 2 aliphatic rings. The van der Waals surface area contributed by atoms with Crippen LogP contribution in [0, 0.1) is 6.92 Å². The van der Waals surface area contributed by atoms with Crippen molar-refractivity contribution in [2.45, 2.75) is 32.6 Å². The number of aromatic nitrogens is 3. The van der Waals surface area contributed by atoms with Gasteiger partial charge in [0.25, 0.3) is 5.91 Å². The van der Waals surface area contributed by atoms with E-state index >= 15 is 0 Å². The van der Waals surface area contributed by atoms with Crippen LogP contribution in [-0.2, 0) is 12.8 Å². The molecule has 1 saturated heterocycles. The second-order valence-electron chi connectivity index (χ2n) is 7.45. The molecule has 0 N–H and O–H groups in total. The summed E-state index contributed by atoms with van der Waals surface area (Å²) in [6.07, 6.45) is 4.00. The third-order valence-electron chi connectivity index (χ3n) is 5.31. The second-order valence-corrected chi connectivity index (χ2v) is 7.45. The van der Waals surface area contributed by atoms with Crippen molar-refractivity contribution in [3.8, 4) is 0 Å². The number of nitrogens with zero attached hydrogens (tertiary/aromatic N) is 6. The number of piperazine rings is 1. The lowest BCUT2D eigenvalue weighted by atomic mass is 9.96. The molecule has 0 spiro atoms. The van der Waals surface area contributed by atoms with E-state index in [2.05, 4.69) is 20.0 Å². The van der Waals surface area contributed by atoms with Gasteiger partial charge in [-0.25, -0.2) is 9.97 Å². The molecule has 8 heteroatoms. The predicted octanol–water partition coefficient (Wildman–Crippen LogP) is 1.68. The lowest BCUT2D eigenvalue weighted by Gasteiger charge is -2.35. The van der Waals surface area contributed by atoms with Crippen LogP contribution >= 0.6 is 0 Å². The minimum Gasteiger partial charge on any atom is -0.363 e. The maximum absolute atomic E-state index is 12.9. The Kier molecular flexibility index (Phi) is 4.72. The summed E-state index contributed by atoms with van der Waals surface area (Å²) in [5.41, 5.74) is 1.54. The molecule has 1 amide bonds. The summed E-state index contributed by atoms with van der Waals surface area (Å²) in [6.45, 7) is 4.70. The number of hydrogen-bond donors (Lipinski definition) is 0. The Morgan fingerprint density at radius 1 is 1.11 bits per heavy atom. The monoisotopic (exact) mass is 370 g/mol. The van der Waals surface area contributed by atoms with Gasteiger partial charge in [0.05, 0.1) is 0 Å². The van der Waals surface area contributed by atoms with Gasteiger partial charge in [-0.15, -0.1) is 0 Å². The molecule has 4 rings (SSSR count). The van der Waals surface area contributed by atoms with E-state index < -0.39 is 0 Å². The fourth-order valence-corrected chi connectivity index (χ4v) is 3.77. The maximum Gasteiger partial charge on any atom is 0.276 e. The minimum atomic E-state index is -0.00519. The first-order chi connectivity index (χ1) is 13.0. The molecule has 1 aliphatic carbocycles. The van der Waals surface area contributed by atoms with Crippen LogP contribution in [-0.4, -0.2) is 66.2 Å². The Morgan fingerprint density at radius 3 is 2.59 bits per heavy atom. The number of aryl methyl sites for hydroxylation is 2. The number of amides is 1. The predicted molar refractivity (Wildman–Crippen MR) is 102 cm³/mol. The van der Waals surface area contributed by atoms with E-state index in [1.807, 2.05) is 36.9 Å². The van der Waals surface area contributed by atoms with Crippen molar-refractivity contribution in [1.82, 2.24) is 20.0 Å². The Bertz CT molecular complexity index is 839. The van der Waals surface area contributed by atoms with E-state index in [1.54, 1.807) is 0 Å². The van der Waals surface area contributed by atoms with Crippen molar-refractivity contribution in [3.63, 3.8) is 0 Å². The van der Waals surface area contributed by atoms with Crippen molar-refractivity contribution in [2.24, 2.45) is 0 Å². The van der Waals surface area contributed by atoms with Gasteiger partial charge in [0, 0.05) is 58.3 Å². The summed E-state index contributed by atoms with van der Waals surface area (Å²) < 4.78 is 5.41. The highest BCUT2D eigenvalue weighted by molar-refractivity contribution is 5.94. The van der Waals surface area contributed by atoms with Crippen LogP contribution in [0.4, 0.5) is 11.6 Å². The molecule has 0 bridgehead atoms. The number of fused-ring (bicyclic) bond motifs is 1. The van der Waals surface area contributed by atoms with Gasteiger partial charge in [-0.1, -0.05) is 5.16 Å². The number of rotatable bonds is 3. The SMILES string of the molecule is Cc1nc(N(C)C)cc(N2CCN(C(=O)c3noc4c3CCCC4)CC2)n1. The van der Waals surface area contributed by atoms with Crippen LogP contribution in [0.25, 0.3) is 0 Å². The van der Waals surface area contributed by atoms with E-state index in [9.17, 15) is 4.79 Å². The van der Waals surface area contributed by atoms with Crippen LogP contribution in [0.3, 0.4) is 0 Å². The number of hydrogen-bond acceptors (Lipinski definition) is 7. The Balaban J connectivity index is 1.45. The molecule has 1 aliphatic heterocycles. The van der Waals surface area contributed by atoms with Crippen LogP contribution in [0.2, 0.25) is 0 Å². The molecule has 27 heavy (non-hydrogen) atoms. The Labute approximate surface area is 159 Å².